The van der Waals surface area contributed by atoms with Gasteiger partial charge in [-0.1, -0.05) is 151 Å². The molecule has 0 radical (unpaired) electrons. The number of hydrogen-bond donors (Lipinski definition) is 0. The smallest absolute Gasteiger partial charge is 0.0726 e. The van der Waals surface area contributed by atoms with Crippen molar-refractivity contribution in [3.63, 3.8) is 0 Å². The average molecular weight is 649 g/mol. The van der Waals surface area contributed by atoms with Gasteiger partial charge in [0.25, 0.3) is 0 Å². The molecule has 0 bridgehead atoms. The van der Waals surface area contributed by atoms with Crippen LogP contribution in [0.4, 0.5) is 0 Å². The summed E-state index contributed by atoms with van der Waals surface area (Å²) < 4.78 is 0. The van der Waals surface area contributed by atoms with E-state index in [1.54, 1.807) is 0 Å². The van der Waals surface area contributed by atoms with Gasteiger partial charge in [-0.3, -0.25) is 0 Å². The minimum absolute atomic E-state index is 0.421. The van der Waals surface area contributed by atoms with E-state index in [1.807, 2.05) is 11.8 Å². The fourth-order valence-corrected chi connectivity index (χ4v) is 10.8. The van der Waals surface area contributed by atoms with Crippen LogP contribution in [-0.2, 0) is 5.41 Å². The molecule has 0 aromatic heterocycles. The zero-order valence-corrected chi connectivity index (χ0v) is 27.9. The lowest BCUT2D eigenvalue weighted by Crippen LogP contribution is -2.25. The van der Waals surface area contributed by atoms with E-state index in [0.717, 1.165) is 0 Å². The maximum Gasteiger partial charge on any atom is 0.0726 e. The van der Waals surface area contributed by atoms with Crippen LogP contribution in [0.3, 0.4) is 0 Å². The zero-order chi connectivity index (χ0) is 32.6. The predicted octanol–water partition coefficient (Wildman–Crippen LogP) is 13.3. The van der Waals surface area contributed by atoms with Gasteiger partial charge in [0, 0.05) is 15.2 Å². The molecule has 230 valence electrons. The van der Waals surface area contributed by atoms with E-state index in [2.05, 4.69) is 170 Å². The lowest BCUT2D eigenvalue weighted by molar-refractivity contribution is 0.796. The van der Waals surface area contributed by atoms with Crippen molar-refractivity contribution in [1.82, 2.24) is 0 Å². The highest BCUT2D eigenvalue weighted by molar-refractivity contribution is 7.99. The van der Waals surface area contributed by atoms with Gasteiger partial charge in [-0.05, 0) is 124 Å². The molecule has 1 atom stereocenters. The van der Waals surface area contributed by atoms with Crippen molar-refractivity contribution in [2.75, 3.05) is 0 Å². The number of benzene rings is 9. The normalized spacial score (nSPS) is 16.0. The van der Waals surface area contributed by atoms with Crippen molar-refractivity contribution < 1.29 is 0 Å². The Morgan fingerprint density at radius 1 is 0.340 bits per heavy atom. The molecule has 50 heavy (non-hydrogen) atoms. The van der Waals surface area contributed by atoms with Crippen LogP contribution in [0, 0.1) is 0 Å². The maximum absolute atomic E-state index is 2.49. The highest BCUT2D eigenvalue weighted by Gasteiger charge is 2.52. The fraction of sp³-hybridized carbons (Fsp3) is 0.0204. The van der Waals surface area contributed by atoms with Gasteiger partial charge >= 0.3 is 0 Å². The van der Waals surface area contributed by atoms with Gasteiger partial charge in [0.15, 0.2) is 0 Å². The summed E-state index contributed by atoms with van der Waals surface area (Å²) >= 11 is 1.89. The molecule has 9 aromatic rings. The summed E-state index contributed by atoms with van der Waals surface area (Å²) in [5, 5.41) is 7.84. The Hall–Kier alpha value is -5.89. The molecule has 1 aliphatic heterocycles. The lowest BCUT2D eigenvalue weighted by Gasteiger charge is -2.31. The standard InChI is InChI=1S/C49H28S/c1-2-12-32-28-43-39(26-31(32)11-1)48-34-15-4-3-10-29(34)22-24-42(48)49(43)40-19-6-5-16-37(40)47-35(17-9-20-41(47)49)33-23-25-44-38(27-33)36-18-7-13-30-14-8-21-45(50-44)46(30)36/h1-28H. The summed E-state index contributed by atoms with van der Waals surface area (Å²) in [6, 6.07) is 64.3. The number of fused-ring (bicyclic) bond motifs is 15. The van der Waals surface area contributed by atoms with Crippen LogP contribution in [0.1, 0.15) is 22.3 Å². The van der Waals surface area contributed by atoms with Gasteiger partial charge in [0.05, 0.1) is 5.41 Å². The van der Waals surface area contributed by atoms with Crippen molar-refractivity contribution in [2.24, 2.45) is 0 Å². The van der Waals surface area contributed by atoms with Crippen LogP contribution < -0.4 is 0 Å². The summed E-state index contributed by atoms with van der Waals surface area (Å²) in [5.74, 6) is 0. The Balaban J connectivity index is 1.18. The molecule has 1 heterocycles. The second kappa shape index (κ2) is 9.63. The monoisotopic (exact) mass is 648 g/mol. The van der Waals surface area contributed by atoms with Crippen LogP contribution in [0.25, 0.3) is 76.8 Å². The van der Waals surface area contributed by atoms with Crippen LogP contribution in [0.5, 0.6) is 0 Å². The van der Waals surface area contributed by atoms with E-state index in [0.29, 0.717) is 0 Å². The molecule has 9 aromatic carbocycles. The van der Waals surface area contributed by atoms with Crippen LogP contribution in [0.2, 0.25) is 0 Å². The number of hydrogen-bond acceptors (Lipinski definition) is 1. The Morgan fingerprint density at radius 2 is 1.02 bits per heavy atom. The molecule has 1 unspecified atom stereocenters. The Labute approximate surface area is 294 Å². The van der Waals surface area contributed by atoms with Gasteiger partial charge in [-0.25, -0.2) is 0 Å². The largest absolute Gasteiger partial charge is 0.0888 e. The maximum atomic E-state index is 2.49. The second-order valence-electron chi connectivity index (χ2n) is 14.0. The van der Waals surface area contributed by atoms with E-state index in [9.17, 15) is 0 Å². The Kier molecular flexibility index (Phi) is 5.20. The van der Waals surface area contributed by atoms with E-state index in [4.69, 9.17) is 0 Å². The summed E-state index contributed by atoms with van der Waals surface area (Å²) in [4.78, 5) is 2.66. The van der Waals surface area contributed by atoms with Crippen LogP contribution in [0.15, 0.2) is 180 Å². The Bertz CT molecular complexity index is 2960. The third-order valence-corrected chi connectivity index (χ3v) is 12.8. The minimum Gasteiger partial charge on any atom is -0.0888 e. The van der Waals surface area contributed by atoms with Crippen molar-refractivity contribution in [2.45, 2.75) is 15.2 Å². The van der Waals surface area contributed by atoms with Crippen molar-refractivity contribution in [1.29, 1.82) is 0 Å². The topological polar surface area (TPSA) is 0 Å². The van der Waals surface area contributed by atoms with Gasteiger partial charge in [-0.2, -0.15) is 0 Å². The zero-order valence-electron chi connectivity index (χ0n) is 27.1. The van der Waals surface area contributed by atoms with Gasteiger partial charge in [0.1, 0.15) is 0 Å². The summed E-state index contributed by atoms with van der Waals surface area (Å²) in [6.45, 7) is 0. The molecule has 0 N–H and O–H groups in total. The molecule has 2 aliphatic carbocycles. The molecule has 0 amide bonds. The molecule has 0 fully saturated rings. The minimum atomic E-state index is -0.421. The quantitative estimate of drug-likeness (QED) is 0.171. The summed E-state index contributed by atoms with van der Waals surface area (Å²) in [7, 11) is 0. The molecule has 1 heteroatoms. The second-order valence-corrected chi connectivity index (χ2v) is 15.0. The highest BCUT2D eigenvalue weighted by atomic mass is 32.2. The van der Waals surface area contributed by atoms with Crippen molar-refractivity contribution in [3.05, 3.63) is 192 Å². The van der Waals surface area contributed by atoms with Crippen molar-refractivity contribution in [3.8, 4) is 44.5 Å². The van der Waals surface area contributed by atoms with E-state index < -0.39 is 5.41 Å². The molecule has 12 rings (SSSR count). The molecule has 1 spiro atoms. The molecule has 0 saturated carbocycles. The van der Waals surface area contributed by atoms with Crippen LogP contribution in [-0.4, -0.2) is 0 Å². The Morgan fingerprint density at radius 3 is 1.94 bits per heavy atom. The molecule has 0 saturated heterocycles. The molecular weight excluding hydrogens is 621 g/mol. The number of rotatable bonds is 1. The molecule has 0 nitrogen and oxygen atoms in total. The van der Waals surface area contributed by atoms with Gasteiger partial charge < -0.3 is 0 Å². The fourth-order valence-electron chi connectivity index (χ4n) is 9.66. The first kappa shape index (κ1) is 27.0. The average Bonchev–Trinajstić information content (AvgIpc) is 3.64. The predicted molar refractivity (Wildman–Crippen MR) is 210 cm³/mol. The van der Waals surface area contributed by atoms with Gasteiger partial charge in [0.2, 0.25) is 0 Å². The van der Waals surface area contributed by atoms with E-state index >= 15 is 0 Å². The van der Waals surface area contributed by atoms with E-state index in [-0.39, 0.29) is 0 Å². The summed E-state index contributed by atoms with van der Waals surface area (Å²) in [5.41, 5.74) is 15.7. The summed E-state index contributed by atoms with van der Waals surface area (Å²) in [6.07, 6.45) is 0. The van der Waals surface area contributed by atoms with Crippen LogP contribution >= 0.6 is 11.8 Å². The highest BCUT2D eigenvalue weighted by Crippen LogP contribution is 2.65. The van der Waals surface area contributed by atoms with E-state index in [1.165, 1.54) is 109 Å². The molecule has 3 aliphatic rings. The third kappa shape index (κ3) is 3.29. The first-order valence-corrected chi connectivity index (χ1v) is 18.2. The SMILES string of the molecule is c1ccc2c(c1)-c1c(-c3ccc4c(c3)-c3cccc5cccc(c35)S4)cccc1C21c2cc3ccccc3cc2-c2c1ccc1ccccc21. The first-order chi connectivity index (χ1) is 24.8. The van der Waals surface area contributed by atoms with Crippen molar-refractivity contribution >= 4 is 44.1 Å². The lowest BCUT2D eigenvalue weighted by atomic mass is 9.70. The molecular formula is C49H28S. The van der Waals surface area contributed by atoms with Gasteiger partial charge in [-0.15, -0.1) is 0 Å². The first-order valence-electron chi connectivity index (χ1n) is 17.4. The third-order valence-electron chi connectivity index (χ3n) is 11.6.